The zero-order valence-corrected chi connectivity index (χ0v) is 4.90. The number of hydrogen-bond acceptors (Lipinski definition) is 4. The van der Waals surface area contributed by atoms with E-state index in [1.165, 1.54) is 6.33 Å². The van der Waals surface area contributed by atoms with E-state index >= 15 is 0 Å². The fraction of sp³-hybridized carbons (Fsp3) is 0.500. The van der Waals surface area contributed by atoms with Gasteiger partial charge in [0.1, 0.15) is 12.7 Å². The van der Waals surface area contributed by atoms with Crippen LogP contribution in [0.1, 0.15) is 0 Å². The summed E-state index contributed by atoms with van der Waals surface area (Å²) in [7, 11) is 0. The number of rotatable bonds is 3. The van der Waals surface area contributed by atoms with Crippen LogP contribution in [0.25, 0.3) is 0 Å². The summed E-state index contributed by atoms with van der Waals surface area (Å²) in [5.41, 5.74) is 0. The van der Waals surface area contributed by atoms with Crippen LogP contribution in [-0.4, -0.2) is 21.4 Å². The van der Waals surface area contributed by atoms with E-state index < -0.39 is 0 Å². The third kappa shape index (κ3) is 1.79. The Bertz CT molecular complexity index is 150. The number of aromatic nitrogens is 3. The SMILES string of the molecule is NOCCn1cncn1. The van der Waals surface area contributed by atoms with Gasteiger partial charge < -0.3 is 4.84 Å². The molecule has 0 aliphatic carbocycles. The van der Waals surface area contributed by atoms with Crippen LogP contribution in [-0.2, 0) is 11.4 Å². The van der Waals surface area contributed by atoms with Crippen molar-refractivity contribution in [2.75, 3.05) is 6.61 Å². The molecule has 0 unspecified atom stereocenters. The van der Waals surface area contributed by atoms with Gasteiger partial charge in [-0.25, -0.2) is 10.9 Å². The Labute approximate surface area is 52.4 Å². The summed E-state index contributed by atoms with van der Waals surface area (Å²) in [6, 6.07) is 0. The van der Waals surface area contributed by atoms with Gasteiger partial charge in [0.05, 0.1) is 13.2 Å². The predicted molar refractivity (Wildman–Crippen MR) is 30.2 cm³/mol. The van der Waals surface area contributed by atoms with E-state index in [2.05, 4.69) is 14.9 Å². The molecule has 1 aromatic heterocycles. The van der Waals surface area contributed by atoms with E-state index in [1.54, 1.807) is 11.0 Å². The highest BCUT2D eigenvalue weighted by atomic mass is 16.6. The smallest absolute Gasteiger partial charge is 0.137 e. The largest absolute Gasteiger partial charge is 0.303 e. The Hall–Kier alpha value is -0.940. The Morgan fingerprint density at radius 3 is 3.11 bits per heavy atom. The van der Waals surface area contributed by atoms with Crippen molar-refractivity contribution in [2.24, 2.45) is 5.90 Å². The summed E-state index contributed by atoms with van der Waals surface area (Å²) in [5.74, 6) is 4.78. The van der Waals surface area contributed by atoms with Gasteiger partial charge in [-0.2, -0.15) is 5.10 Å². The molecule has 0 amide bonds. The number of hydrogen-bond donors (Lipinski definition) is 1. The number of nitrogens with two attached hydrogens (primary N) is 1. The van der Waals surface area contributed by atoms with Crippen LogP contribution in [0.5, 0.6) is 0 Å². The van der Waals surface area contributed by atoms with Crippen molar-refractivity contribution in [2.45, 2.75) is 6.54 Å². The van der Waals surface area contributed by atoms with Crippen LogP contribution < -0.4 is 5.90 Å². The minimum atomic E-state index is 0.462. The molecule has 0 saturated carbocycles. The van der Waals surface area contributed by atoms with E-state index in [-0.39, 0.29) is 0 Å². The third-order valence-electron chi connectivity index (χ3n) is 0.905. The van der Waals surface area contributed by atoms with Gasteiger partial charge in [0, 0.05) is 0 Å². The van der Waals surface area contributed by atoms with Crippen molar-refractivity contribution < 1.29 is 4.84 Å². The topological polar surface area (TPSA) is 66.0 Å². The lowest BCUT2D eigenvalue weighted by Gasteiger charge is -1.95. The molecule has 0 bridgehead atoms. The van der Waals surface area contributed by atoms with E-state index in [0.717, 1.165) is 0 Å². The molecule has 1 rings (SSSR count). The maximum atomic E-state index is 4.78. The molecule has 1 aromatic rings. The van der Waals surface area contributed by atoms with Crippen molar-refractivity contribution in [3.63, 3.8) is 0 Å². The molecular weight excluding hydrogens is 120 g/mol. The summed E-state index contributed by atoms with van der Waals surface area (Å²) in [4.78, 5) is 8.06. The van der Waals surface area contributed by atoms with Crippen molar-refractivity contribution in [3.8, 4) is 0 Å². The minimum absolute atomic E-state index is 0.462. The first-order valence-electron chi connectivity index (χ1n) is 2.57. The van der Waals surface area contributed by atoms with Crippen LogP contribution in [0.15, 0.2) is 12.7 Å². The molecule has 0 aliphatic heterocycles. The normalized spacial score (nSPS) is 9.89. The molecule has 5 heteroatoms. The van der Waals surface area contributed by atoms with Gasteiger partial charge in [-0.05, 0) is 0 Å². The fourth-order valence-corrected chi connectivity index (χ4v) is 0.494. The summed E-state index contributed by atoms with van der Waals surface area (Å²) >= 11 is 0. The monoisotopic (exact) mass is 128 g/mol. The third-order valence-corrected chi connectivity index (χ3v) is 0.905. The number of nitrogens with zero attached hydrogens (tertiary/aromatic N) is 3. The molecule has 0 saturated heterocycles. The lowest BCUT2D eigenvalue weighted by Crippen LogP contribution is -2.09. The highest BCUT2D eigenvalue weighted by Gasteiger charge is 1.87. The quantitative estimate of drug-likeness (QED) is 0.539. The van der Waals surface area contributed by atoms with Crippen LogP contribution in [0.3, 0.4) is 0 Å². The van der Waals surface area contributed by atoms with Gasteiger partial charge >= 0.3 is 0 Å². The van der Waals surface area contributed by atoms with E-state index in [0.29, 0.717) is 13.2 Å². The summed E-state index contributed by atoms with van der Waals surface area (Å²) in [6.07, 6.45) is 3.08. The molecule has 5 nitrogen and oxygen atoms in total. The van der Waals surface area contributed by atoms with Gasteiger partial charge in [-0.3, -0.25) is 4.68 Å². The van der Waals surface area contributed by atoms with Crippen LogP contribution in [0.4, 0.5) is 0 Å². The average Bonchev–Trinajstić information content (AvgIpc) is 2.34. The highest BCUT2D eigenvalue weighted by Crippen LogP contribution is 1.77. The lowest BCUT2D eigenvalue weighted by molar-refractivity contribution is 0.127. The van der Waals surface area contributed by atoms with Crippen molar-refractivity contribution >= 4 is 0 Å². The Morgan fingerprint density at radius 2 is 2.56 bits per heavy atom. The van der Waals surface area contributed by atoms with Crippen LogP contribution in [0.2, 0.25) is 0 Å². The highest BCUT2D eigenvalue weighted by molar-refractivity contribution is 4.54. The molecule has 1 heterocycles. The molecule has 0 radical (unpaired) electrons. The molecule has 0 aromatic carbocycles. The Kier molecular flexibility index (Phi) is 2.17. The first-order chi connectivity index (χ1) is 4.43. The molecule has 0 fully saturated rings. The second-order valence-electron chi connectivity index (χ2n) is 1.53. The second kappa shape index (κ2) is 3.16. The summed E-state index contributed by atoms with van der Waals surface area (Å²) in [6.45, 7) is 1.11. The summed E-state index contributed by atoms with van der Waals surface area (Å²) < 4.78 is 1.65. The van der Waals surface area contributed by atoms with Crippen molar-refractivity contribution in [1.29, 1.82) is 0 Å². The van der Waals surface area contributed by atoms with Gasteiger partial charge in [-0.15, -0.1) is 0 Å². The average molecular weight is 128 g/mol. The Morgan fingerprint density at radius 1 is 1.67 bits per heavy atom. The van der Waals surface area contributed by atoms with Crippen LogP contribution >= 0.6 is 0 Å². The molecule has 0 spiro atoms. The minimum Gasteiger partial charge on any atom is -0.303 e. The van der Waals surface area contributed by atoms with Gasteiger partial charge in [0.25, 0.3) is 0 Å². The van der Waals surface area contributed by atoms with Crippen LogP contribution in [0, 0.1) is 0 Å². The van der Waals surface area contributed by atoms with E-state index in [4.69, 9.17) is 5.90 Å². The molecule has 0 atom stereocenters. The first kappa shape index (κ1) is 6.18. The van der Waals surface area contributed by atoms with E-state index in [1.807, 2.05) is 0 Å². The Balaban J connectivity index is 2.30. The first-order valence-corrected chi connectivity index (χ1v) is 2.57. The molecule has 0 aliphatic rings. The van der Waals surface area contributed by atoms with Gasteiger partial charge in [0.2, 0.25) is 0 Å². The van der Waals surface area contributed by atoms with Crippen molar-refractivity contribution in [3.05, 3.63) is 12.7 Å². The summed E-state index contributed by atoms with van der Waals surface area (Å²) in [5, 5.41) is 3.82. The zero-order chi connectivity index (χ0) is 6.53. The maximum Gasteiger partial charge on any atom is 0.137 e. The predicted octanol–water partition coefficient (Wildman–Crippen LogP) is -0.832. The molecule has 2 N–H and O–H groups in total. The molecular formula is C4H8N4O. The molecule has 9 heavy (non-hydrogen) atoms. The van der Waals surface area contributed by atoms with Crippen molar-refractivity contribution in [1.82, 2.24) is 14.8 Å². The fourth-order valence-electron chi connectivity index (χ4n) is 0.494. The molecule has 50 valence electrons. The maximum absolute atomic E-state index is 4.78. The zero-order valence-electron chi connectivity index (χ0n) is 4.90. The lowest BCUT2D eigenvalue weighted by atomic mass is 10.7. The second-order valence-corrected chi connectivity index (χ2v) is 1.53. The van der Waals surface area contributed by atoms with E-state index in [9.17, 15) is 0 Å². The van der Waals surface area contributed by atoms with Gasteiger partial charge in [0.15, 0.2) is 0 Å². The van der Waals surface area contributed by atoms with Gasteiger partial charge in [-0.1, -0.05) is 0 Å². The standard InChI is InChI=1S/C4H8N4O/c5-9-2-1-8-4-6-3-7-8/h3-4H,1-2,5H2.